The summed E-state index contributed by atoms with van der Waals surface area (Å²) in [6, 6.07) is 2.78. The van der Waals surface area contributed by atoms with Crippen molar-refractivity contribution in [2.75, 3.05) is 6.61 Å². The summed E-state index contributed by atoms with van der Waals surface area (Å²) in [5, 5.41) is 8.66. The fraction of sp³-hybridized carbons (Fsp3) is 0.455. The summed E-state index contributed by atoms with van der Waals surface area (Å²) in [6.45, 7) is -0.0946. The first-order valence-electron chi connectivity index (χ1n) is 5.09. The molecule has 1 atom stereocenters. The number of alkyl halides is 3. The predicted molar refractivity (Wildman–Crippen MR) is 67.0 cm³/mol. The topological polar surface area (TPSA) is 46.2 Å². The van der Waals surface area contributed by atoms with Crippen LogP contribution in [0.15, 0.2) is 18.2 Å². The normalized spacial score (nSPS) is 13.0. The lowest BCUT2D eigenvalue weighted by molar-refractivity contribution is -0.138. The molecule has 1 aromatic rings. The van der Waals surface area contributed by atoms with E-state index in [1.807, 2.05) is 0 Å². The maximum Gasteiger partial charge on any atom is 0.416 e. The molecule has 1 aromatic carbocycles. The zero-order chi connectivity index (χ0) is 13.1. The van der Waals surface area contributed by atoms with Crippen molar-refractivity contribution >= 4 is 24.0 Å². The number of halogens is 5. The second-order valence-electron chi connectivity index (χ2n) is 3.70. The number of aliphatic hydroxyl groups excluding tert-OH is 1. The molecule has 0 aliphatic rings. The van der Waals surface area contributed by atoms with Crippen LogP contribution in [0.3, 0.4) is 0 Å². The molecule has 0 saturated heterocycles. The molecule has 0 radical (unpaired) electrons. The monoisotopic (exact) mass is 303 g/mol. The average Bonchev–Trinajstić information content (AvgIpc) is 2.24. The Morgan fingerprint density at radius 1 is 1.33 bits per heavy atom. The summed E-state index contributed by atoms with van der Waals surface area (Å²) in [4.78, 5) is 0. The third-order valence-electron chi connectivity index (χ3n) is 2.39. The number of hydrogen-bond acceptors (Lipinski definition) is 2. The Labute approximate surface area is 114 Å². The van der Waals surface area contributed by atoms with Gasteiger partial charge in [0.2, 0.25) is 0 Å². The van der Waals surface area contributed by atoms with E-state index in [1.54, 1.807) is 0 Å². The second-order valence-corrected chi connectivity index (χ2v) is 4.14. The lowest BCUT2D eigenvalue weighted by Gasteiger charge is -2.18. The number of aliphatic hydroxyl groups is 1. The molecule has 0 unspecified atom stereocenters. The minimum absolute atomic E-state index is 0. The van der Waals surface area contributed by atoms with Gasteiger partial charge in [-0.15, -0.1) is 12.4 Å². The molecule has 0 bridgehead atoms. The standard InChI is InChI=1S/C11H13ClF3NO.ClH/c12-7-3-4-8(10(16)2-1-5-17)9(6-7)11(13,14)15;/h3-4,6,10,17H,1-2,5,16H2;1H/t10-;/m1./s1. The van der Waals surface area contributed by atoms with Gasteiger partial charge in [-0.1, -0.05) is 17.7 Å². The molecule has 18 heavy (non-hydrogen) atoms. The average molecular weight is 304 g/mol. The third kappa shape index (κ3) is 4.65. The third-order valence-corrected chi connectivity index (χ3v) is 2.63. The molecule has 0 spiro atoms. The summed E-state index contributed by atoms with van der Waals surface area (Å²) in [5.74, 6) is 0. The molecule has 3 N–H and O–H groups in total. The second kappa shape index (κ2) is 7.19. The Hall–Kier alpha value is -0.490. The molecule has 0 aliphatic heterocycles. The van der Waals surface area contributed by atoms with Crippen molar-refractivity contribution in [3.05, 3.63) is 34.3 Å². The molecule has 0 aliphatic carbocycles. The van der Waals surface area contributed by atoms with Gasteiger partial charge in [0.1, 0.15) is 0 Å². The van der Waals surface area contributed by atoms with Gasteiger partial charge in [-0.05, 0) is 30.5 Å². The number of rotatable bonds is 4. The van der Waals surface area contributed by atoms with Crippen molar-refractivity contribution in [2.45, 2.75) is 25.1 Å². The van der Waals surface area contributed by atoms with E-state index in [9.17, 15) is 13.2 Å². The van der Waals surface area contributed by atoms with Gasteiger partial charge in [-0.3, -0.25) is 0 Å². The van der Waals surface area contributed by atoms with E-state index in [4.69, 9.17) is 22.4 Å². The summed E-state index contributed by atoms with van der Waals surface area (Å²) in [6.07, 6.45) is -3.82. The molecule has 0 amide bonds. The molecular weight excluding hydrogens is 290 g/mol. The summed E-state index contributed by atoms with van der Waals surface area (Å²) in [5.41, 5.74) is 4.87. The van der Waals surface area contributed by atoms with Crippen molar-refractivity contribution in [3.63, 3.8) is 0 Å². The van der Waals surface area contributed by atoms with Crippen LogP contribution >= 0.6 is 24.0 Å². The van der Waals surface area contributed by atoms with E-state index >= 15 is 0 Å². The number of nitrogens with two attached hydrogens (primary N) is 1. The van der Waals surface area contributed by atoms with Crippen LogP contribution in [0.2, 0.25) is 5.02 Å². The van der Waals surface area contributed by atoms with Crippen molar-refractivity contribution in [3.8, 4) is 0 Å². The van der Waals surface area contributed by atoms with Crippen molar-refractivity contribution in [1.29, 1.82) is 0 Å². The fourth-order valence-electron chi connectivity index (χ4n) is 1.56. The van der Waals surface area contributed by atoms with E-state index in [2.05, 4.69) is 0 Å². The van der Waals surface area contributed by atoms with E-state index < -0.39 is 17.8 Å². The highest BCUT2D eigenvalue weighted by atomic mass is 35.5. The van der Waals surface area contributed by atoms with E-state index in [0.717, 1.165) is 6.07 Å². The molecular formula is C11H14Cl2F3NO. The minimum atomic E-state index is -4.48. The van der Waals surface area contributed by atoms with Gasteiger partial charge in [-0.2, -0.15) is 13.2 Å². The lowest BCUT2D eigenvalue weighted by Crippen LogP contribution is -2.17. The highest BCUT2D eigenvalue weighted by Crippen LogP contribution is 2.36. The predicted octanol–water partition coefficient (Wildman–Crippen LogP) is 3.55. The van der Waals surface area contributed by atoms with Crippen LogP contribution in [0.25, 0.3) is 0 Å². The first-order chi connectivity index (χ1) is 7.86. The molecule has 0 aromatic heterocycles. The van der Waals surface area contributed by atoms with E-state index in [0.29, 0.717) is 12.8 Å². The van der Waals surface area contributed by atoms with Crippen LogP contribution in [0.1, 0.15) is 30.0 Å². The summed E-state index contributed by atoms with van der Waals surface area (Å²) < 4.78 is 38.2. The highest BCUT2D eigenvalue weighted by molar-refractivity contribution is 6.30. The van der Waals surface area contributed by atoms with Crippen molar-refractivity contribution in [1.82, 2.24) is 0 Å². The molecule has 0 saturated carbocycles. The van der Waals surface area contributed by atoms with Gasteiger partial charge in [0.15, 0.2) is 0 Å². The van der Waals surface area contributed by atoms with Gasteiger partial charge < -0.3 is 10.8 Å². The molecule has 1 rings (SSSR count). The van der Waals surface area contributed by atoms with Gasteiger partial charge >= 0.3 is 6.18 Å². The molecule has 0 heterocycles. The first kappa shape index (κ1) is 17.5. The maximum atomic E-state index is 12.7. The van der Waals surface area contributed by atoms with Crippen LogP contribution in [0.5, 0.6) is 0 Å². The zero-order valence-corrected chi connectivity index (χ0v) is 10.9. The smallest absolute Gasteiger partial charge is 0.396 e. The van der Waals surface area contributed by atoms with Crippen molar-refractivity contribution < 1.29 is 18.3 Å². The molecule has 7 heteroatoms. The van der Waals surface area contributed by atoms with Gasteiger partial charge in [-0.25, -0.2) is 0 Å². The minimum Gasteiger partial charge on any atom is -0.396 e. The Morgan fingerprint density at radius 3 is 2.44 bits per heavy atom. The van der Waals surface area contributed by atoms with Crippen LogP contribution in [-0.4, -0.2) is 11.7 Å². The zero-order valence-electron chi connectivity index (χ0n) is 9.38. The highest BCUT2D eigenvalue weighted by Gasteiger charge is 2.34. The van der Waals surface area contributed by atoms with Crippen LogP contribution in [0.4, 0.5) is 13.2 Å². The number of hydrogen-bond donors (Lipinski definition) is 2. The summed E-state index contributed by atoms with van der Waals surface area (Å²) in [7, 11) is 0. The Morgan fingerprint density at radius 2 is 1.94 bits per heavy atom. The van der Waals surface area contributed by atoms with Gasteiger partial charge in [0.05, 0.1) is 5.56 Å². The molecule has 104 valence electrons. The van der Waals surface area contributed by atoms with Gasteiger partial charge in [0.25, 0.3) is 0 Å². The lowest BCUT2D eigenvalue weighted by atomic mass is 9.97. The Kier molecular flexibility index (Phi) is 6.99. The quantitative estimate of drug-likeness (QED) is 0.893. The van der Waals surface area contributed by atoms with Crippen molar-refractivity contribution in [2.24, 2.45) is 5.73 Å². The Balaban J connectivity index is 0.00000289. The Bertz CT molecular complexity index is 385. The van der Waals surface area contributed by atoms with E-state index in [1.165, 1.54) is 12.1 Å². The van der Waals surface area contributed by atoms with Crippen LogP contribution < -0.4 is 5.73 Å². The number of benzene rings is 1. The summed E-state index contributed by atoms with van der Waals surface area (Å²) >= 11 is 5.55. The maximum absolute atomic E-state index is 12.7. The molecule has 2 nitrogen and oxygen atoms in total. The van der Waals surface area contributed by atoms with E-state index in [-0.39, 0.29) is 29.6 Å². The molecule has 0 fully saturated rings. The fourth-order valence-corrected chi connectivity index (χ4v) is 1.74. The van der Waals surface area contributed by atoms with Crippen LogP contribution in [-0.2, 0) is 6.18 Å². The van der Waals surface area contributed by atoms with Crippen LogP contribution in [0, 0.1) is 0 Å². The SMILES string of the molecule is Cl.N[C@H](CCCO)c1ccc(Cl)cc1C(F)(F)F. The largest absolute Gasteiger partial charge is 0.416 e. The first-order valence-corrected chi connectivity index (χ1v) is 5.47. The van der Waals surface area contributed by atoms with Gasteiger partial charge in [0, 0.05) is 17.7 Å².